The van der Waals surface area contributed by atoms with Gasteiger partial charge in [-0.05, 0) is 42.0 Å². The molecule has 0 aliphatic heterocycles. The molecule has 0 fully saturated rings. The van der Waals surface area contributed by atoms with E-state index in [4.69, 9.17) is 10.5 Å². The fraction of sp³-hybridized carbons (Fsp3) is 0.0909. The normalized spacial score (nSPS) is 11.0. The van der Waals surface area contributed by atoms with E-state index in [2.05, 4.69) is 10.0 Å². The number of amides is 2. The summed E-state index contributed by atoms with van der Waals surface area (Å²) in [4.78, 5) is 24.1. The summed E-state index contributed by atoms with van der Waals surface area (Å²) in [5, 5.41) is 2.62. The van der Waals surface area contributed by atoms with Crippen LogP contribution >= 0.6 is 0 Å². The second-order valence-electron chi connectivity index (χ2n) is 6.57. The molecule has 4 N–H and O–H groups in total. The number of sulfonamides is 1. The number of primary amides is 1. The molecule has 0 saturated heterocycles. The molecular formula is C22H21N3O5S. The van der Waals surface area contributed by atoms with Crippen molar-refractivity contribution in [2.24, 2.45) is 5.73 Å². The smallest absolute Gasteiger partial charge is 0.255 e. The van der Waals surface area contributed by atoms with Gasteiger partial charge in [-0.15, -0.1) is 0 Å². The molecule has 3 aromatic carbocycles. The van der Waals surface area contributed by atoms with Crippen LogP contribution in [0.15, 0.2) is 77.7 Å². The van der Waals surface area contributed by atoms with Gasteiger partial charge in [0.25, 0.3) is 5.91 Å². The highest BCUT2D eigenvalue weighted by molar-refractivity contribution is 7.89. The van der Waals surface area contributed by atoms with Crippen LogP contribution in [0, 0.1) is 0 Å². The molecule has 0 spiro atoms. The van der Waals surface area contributed by atoms with Crippen LogP contribution < -0.4 is 20.5 Å². The van der Waals surface area contributed by atoms with E-state index in [1.165, 1.54) is 49.6 Å². The van der Waals surface area contributed by atoms with Crippen molar-refractivity contribution in [1.82, 2.24) is 4.72 Å². The Balaban J connectivity index is 1.80. The number of benzene rings is 3. The maximum atomic E-state index is 12.7. The van der Waals surface area contributed by atoms with E-state index in [0.29, 0.717) is 5.75 Å². The van der Waals surface area contributed by atoms with Crippen molar-refractivity contribution in [3.63, 3.8) is 0 Å². The molecule has 0 unspecified atom stereocenters. The van der Waals surface area contributed by atoms with E-state index in [9.17, 15) is 18.0 Å². The number of ether oxygens (including phenoxy) is 1. The van der Waals surface area contributed by atoms with Crippen molar-refractivity contribution in [2.45, 2.75) is 11.4 Å². The van der Waals surface area contributed by atoms with Crippen molar-refractivity contribution < 1.29 is 22.7 Å². The first-order valence-corrected chi connectivity index (χ1v) is 10.7. The molecule has 3 aromatic rings. The van der Waals surface area contributed by atoms with Gasteiger partial charge in [-0.25, -0.2) is 13.1 Å². The van der Waals surface area contributed by atoms with Crippen LogP contribution in [0.4, 0.5) is 5.69 Å². The van der Waals surface area contributed by atoms with Crippen LogP contribution in [0.3, 0.4) is 0 Å². The zero-order chi connectivity index (χ0) is 22.4. The number of carbonyl (C=O) groups excluding carboxylic acids is 2. The molecule has 0 aliphatic carbocycles. The summed E-state index contributed by atoms with van der Waals surface area (Å²) in [6.45, 7) is 0.122. The SMILES string of the molecule is COc1ccc(C(N)=O)cc1NC(=O)c1cccc(S(=O)(=O)NCc2ccccc2)c1. The van der Waals surface area contributed by atoms with Crippen molar-refractivity contribution in [1.29, 1.82) is 0 Å². The fourth-order valence-electron chi connectivity index (χ4n) is 2.82. The topological polar surface area (TPSA) is 128 Å². The standard InChI is InChI=1S/C22H21N3O5S/c1-30-20-11-10-16(21(23)26)13-19(20)25-22(27)17-8-5-9-18(12-17)31(28,29)24-14-15-6-3-2-4-7-15/h2-13,24H,14H2,1H3,(H2,23,26)(H,25,27). The molecule has 0 radical (unpaired) electrons. The highest BCUT2D eigenvalue weighted by Crippen LogP contribution is 2.26. The van der Waals surface area contributed by atoms with E-state index in [1.54, 1.807) is 12.1 Å². The Labute approximate surface area is 180 Å². The second-order valence-corrected chi connectivity index (χ2v) is 8.34. The summed E-state index contributed by atoms with van der Waals surface area (Å²) in [6.07, 6.45) is 0. The van der Waals surface area contributed by atoms with Gasteiger partial charge in [-0.2, -0.15) is 0 Å². The predicted octanol–water partition coefficient (Wildman–Crippen LogP) is 2.52. The van der Waals surface area contributed by atoms with Gasteiger partial charge >= 0.3 is 0 Å². The molecule has 31 heavy (non-hydrogen) atoms. The summed E-state index contributed by atoms with van der Waals surface area (Å²) < 4.78 is 33.0. The minimum atomic E-state index is -3.83. The number of nitrogens with two attached hydrogens (primary N) is 1. The van der Waals surface area contributed by atoms with Gasteiger partial charge in [0, 0.05) is 17.7 Å². The minimum Gasteiger partial charge on any atom is -0.495 e. The van der Waals surface area contributed by atoms with E-state index in [-0.39, 0.29) is 28.3 Å². The van der Waals surface area contributed by atoms with Gasteiger partial charge < -0.3 is 15.8 Å². The molecule has 0 heterocycles. The predicted molar refractivity (Wildman–Crippen MR) is 116 cm³/mol. The molecule has 160 valence electrons. The first kappa shape index (κ1) is 22.0. The molecule has 3 rings (SSSR count). The third-order valence-corrected chi connectivity index (χ3v) is 5.85. The van der Waals surface area contributed by atoms with Crippen molar-refractivity contribution in [3.8, 4) is 5.75 Å². The highest BCUT2D eigenvalue weighted by atomic mass is 32.2. The lowest BCUT2D eigenvalue weighted by Crippen LogP contribution is -2.23. The summed E-state index contributed by atoms with van der Waals surface area (Å²) >= 11 is 0. The third kappa shape index (κ3) is 5.47. The summed E-state index contributed by atoms with van der Waals surface area (Å²) in [5.41, 5.74) is 6.64. The van der Waals surface area contributed by atoms with Crippen LogP contribution in [-0.4, -0.2) is 27.3 Å². The Hall–Kier alpha value is -3.69. The molecule has 2 amide bonds. The molecule has 9 heteroatoms. The maximum absolute atomic E-state index is 12.7. The van der Waals surface area contributed by atoms with Crippen molar-refractivity contribution >= 4 is 27.5 Å². The van der Waals surface area contributed by atoms with E-state index < -0.39 is 21.8 Å². The Morgan fingerprint density at radius 3 is 2.35 bits per heavy atom. The Morgan fingerprint density at radius 2 is 1.68 bits per heavy atom. The van der Waals surface area contributed by atoms with Crippen LogP contribution in [-0.2, 0) is 16.6 Å². The van der Waals surface area contributed by atoms with E-state index in [0.717, 1.165) is 5.56 Å². The second kappa shape index (κ2) is 9.41. The van der Waals surface area contributed by atoms with Gasteiger partial charge in [0.05, 0.1) is 17.7 Å². The van der Waals surface area contributed by atoms with Crippen molar-refractivity contribution in [3.05, 3.63) is 89.5 Å². The molecule has 0 bridgehead atoms. The number of hydrogen-bond donors (Lipinski definition) is 3. The molecule has 0 aromatic heterocycles. The molecule has 8 nitrogen and oxygen atoms in total. The third-order valence-electron chi connectivity index (χ3n) is 4.45. The zero-order valence-corrected chi connectivity index (χ0v) is 17.5. The number of rotatable bonds is 8. The highest BCUT2D eigenvalue weighted by Gasteiger charge is 2.17. The number of anilines is 1. The quantitative estimate of drug-likeness (QED) is 0.497. The Kier molecular flexibility index (Phi) is 6.68. The molecule has 0 atom stereocenters. The fourth-order valence-corrected chi connectivity index (χ4v) is 3.88. The van der Waals surface area contributed by atoms with Gasteiger partial charge in [0.15, 0.2) is 0 Å². The Morgan fingerprint density at radius 1 is 0.935 bits per heavy atom. The van der Waals surface area contributed by atoms with Gasteiger partial charge in [-0.1, -0.05) is 36.4 Å². The van der Waals surface area contributed by atoms with Gasteiger partial charge in [0.2, 0.25) is 15.9 Å². The lowest BCUT2D eigenvalue weighted by atomic mass is 10.1. The monoisotopic (exact) mass is 439 g/mol. The van der Waals surface area contributed by atoms with E-state index >= 15 is 0 Å². The maximum Gasteiger partial charge on any atom is 0.255 e. The van der Waals surface area contributed by atoms with E-state index in [1.807, 2.05) is 18.2 Å². The largest absolute Gasteiger partial charge is 0.495 e. The van der Waals surface area contributed by atoms with Crippen LogP contribution in [0.25, 0.3) is 0 Å². The van der Waals surface area contributed by atoms with Gasteiger partial charge in [0.1, 0.15) is 5.75 Å². The number of hydrogen-bond acceptors (Lipinski definition) is 5. The average Bonchev–Trinajstić information content (AvgIpc) is 2.78. The molecule has 0 saturated carbocycles. The lowest BCUT2D eigenvalue weighted by molar-refractivity contribution is 0.0996. The first-order chi connectivity index (χ1) is 14.8. The number of methoxy groups -OCH3 is 1. The average molecular weight is 439 g/mol. The number of carbonyl (C=O) groups is 2. The summed E-state index contributed by atoms with van der Waals surface area (Å²) in [6, 6.07) is 19.1. The minimum absolute atomic E-state index is 0.0473. The lowest BCUT2D eigenvalue weighted by Gasteiger charge is -2.12. The summed E-state index contributed by atoms with van der Waals surface area (Å²) in [5.74, 6) is -0.901. The summed E-state index contributed by atoms with van der Waals surface area (Å²) in [7, 11) is -2.42. The van der Waals surface area contributed by atoms with Crippen LogP contribution in [0.1, 0.15) is 26.3 Å². The van der Waals surface area contributed by atoms with Crippen LogP contribution in [0.5, 0.6) is 5.75 Å². The number of nitrogens with one attached hydrogen (secondary N) is 2. The van der Waals surface area contributed by atoms with Crippen molar-refractivity contribution in [2.75, 3.05) is 12.4 Å². The van der Waals surface area contributed by atoms with Crippen LogP contribution in [0.2, 0.25) is 0 Å². The molecular weight excluding hydrogens is 418 g/mol. The molecule has 0 aliphatic rings. The Bertz CT molecular complexity index is 1210. The zero-order valence-electron chi connectivity index (χ0n) is 16.7. The first-order valence-electron chi connectivity index (χ1n) is 9.23. The van der Waals surface area contributed by atoms with Gasteiger partial charge in [-0.3, -0.25) is 9.59 Å².